The molecular formula is C63H42N6. The highest BCUT2D eigenvalue weighted by Gasteiger charge is 2.38. The monoisotopic (exact) mass is 882 g/mol. The summed E-state index contributed by atoms with van der Waals surface area (Å²) in [4.78, 5) is 17.6. The third-order valence-corrected chi connectivity index (χ3v) is 14.1. The minimum Gasteiger partial charge on any atom is -0.333 e. The van der Waals surface area contributed by atoms with Crippen LogP contribution in [0.15, 0.2) is 243 Å². The van der Waals surface area contributed by atoms with Crippen molar-refractivity contribution in [2.75, 3.05) is 4.90 Å². The number of aromatic nitrogens is 5. The first-order valence-corrected chi connectivity index (χ1v) is 23.6. The van der Waals surface area contributed by atoms with E-state index >= 15 is 0 Å². The lowest BCUT2D eigenvalue weighted by Crippen LogP contribution is -2.29. The van der Waals surface area contributed by atoms with Crippen LogP contribution >= 0.6 is 0 Å². The Labute approximate surface area is 399 Å². The summed E-state index contributed by atoms with van der Waals surface area (Å²) in [6.07, 6.45) is 9.43. The summed E-state index contributed by atoms with van der Waals surface area (Å²) in [5.41, 5.74) is 14.7. The van der Waals surface area contributed by atoms with Crippen molar-refractivity contribution in [2.45, 2.75) is 12.0 Å². The van der Waals surface area contributed by atoms with Crippen molar-refractivity contribution >= 4 is 60.6 Å². The summed E-state index contributed by atoms with van der Waals surface area (Å²) >= 11 is 0. The molecule has 2 atom stereocenters. The minimum atomic E-state index is 0.0275. The van der Waals surface area contributed by atoms with Gasteiger partial charge in [-0.3, -0.25) is 0 Å². The topological polar surface area (TPSA) is 51.8 Å². The second kappa shape index (κ2) is 15.8. The van der Waals surface area contributed by atoms with Gasteiger partial charge in [0.2, 0.25) is 0 Å². The average Bonchev–Trinajstić information content (AvgIpc) is 4.12. The molecule has 0 amide bonds. The Hall–Kier alpha value is -9.13. The zero-order valence-corrected chi connectivity index (χ0v) is 37.4. The van der Waals surface area contributed by atoms with E-state index in [1.165, 1.54) is 65.9 Å². The van der Waals surface area contributed by atoms with E-state index in [2.05, 4.69) is 220 Å². The number of anilines is 2. The summed E-state index contributed by atoms with van der Waals surface area (Å²) in [6.45, 7) is 0. The van der Waals surface area contributed by atoms with Gasteiger partial charge in [-0.25, -0.2) is 15.0 Å². The number of benzene rings is 9. The fourth-order valence-electron chi connectivity index (χ4n) is 11.0. The van der Waals surface area contributed by atoms with Crippen LogP contribution in [0.4, 0.5) is 11.4 Å². The fraction of sp³-hybridized carbons (Fsp3) is 0.0317. The maximum atomic E-state index is 5.09. The van der Waals surface area contributed by atoms with Gasteiger partial charge in [-0.15, -0.1) is 0 Å². The summed E-state index contributed by atoms with van der Waals surface area (Å²) in [7, 11) is 0. The molecule has 2 unspecified atom stereocenters. The van der Waals surface area contributed by atoms with Gasteiger partial charge in [0.05, 0.1) is 22.6 Å². The van der Waals surface area contributed by atoms with Crippen LogP contribution in [0.3, 0.4) is 0 Å². The Morgan fingerprint density at radius 1 is 0.406 bits per heavy atom. The summed E-state index contributed by atoms with van der Waals surface area (Å²) in [5, 5.41) is 6.24. The van der Waals surface area contributed by atoms with Crippen LogP contribution in [0.5, 0.6) is 0 Å². The van der Waals surface area contributed by atoms with Crippen LogP contribution in [-0.4, -0.2) is 30.1 Å². The van der Waals surface area contributed by atoms with Gasteiger partial charge in [-0.1, -0.05) is 170 Å². The molecule has 12 aromatic rings. The standard InChI is InChI=1S/C63H42N6/c1-4-16-41(17-5-1)45-23-14-25-48(38-45)69-56-33-30-42-18-10-11-27-50(42)59(56)60-53-36-37-67(54(53)34-35-57(60)69)47-31-32-52-51-28-12-13-29-55(51)68(58(52)40-47)49-26-15-24-46(39-49)63-65-61(43-19-6-2-7-20-43)64-62(66-63)44-21-8-3-9-22-44/h1-40,52,58H. The fourth-order valence-corrected chi connectivity index (χ4v) is 11.0. The maximum absolute atomic E-state index is 5.09. The molecule has 69 heavy (non-hydrogen) atoms. The number of para-hydroxylation sites is 1. The number of rotatable bonds is 7. The quantitative estimate of drug-likeness (QED) is 0.160. The van der Waals surface area contributed by atoms with Gasteiger partial charge < -0.3 is 14.0 Å². The molecule has 1 aliphatic carbocycles. The zero-order chi connectivity index (χ0) is 45.4. The Morgan fingerprint density at radius 2 is 0.971 bits per heavy atom. The van der Waals surface area contributed by atoms with Crippen LogP contribution < -0.4 is 4.90 Å². The van der Waals surface area contributed by atoms with Crippen LogP contribution in [0.1, 0.15) is 11.5 Å². The highest BCUT2D eigenvalue weighted by molar-refractivity contribution is 6.28. The summed E-state index contributed by atoms with van der Waals surface area (Å²) in [5.74, 6) is 2.10. The molecule has 0 bridgehead atoms. The molecule has 6 nitrogen and oxygen atoms in total. The Morgan fingerprint density at radius 3 is 1.72 bits per heavy atom. The van der Waals surface area contributed by atoms with Crippen LogP contribution in [0.25, 0.3) is 100 Å². The molecule has 0 N–H and O–H groups in total. The van der Waals surface area contributed by atoms with E-state index in [0.717, 1.165) is 33.8 Å². The van der Waals surface area contributed by atoms with Crippen molar-refractivity contribution in [3.05, 3.63) is 248 Å². The van der Waals surface area contributed by atoms with Crippen molar-refractivity contribution in [1.82, 2.24) is 24.1 Å². The van der Waals surface area contributed by atoms with Gasteiger partial charge >= 0.3 is 0 Å². The van der Waals surface area contributed by atoms with Crippen LogP contribution in [0.2, 0.25) is 0 Å². The first-order chi connectivity index (χ1) is 34.2. The molecular weight excluding hydrogens is 841 g/mol. The minimum absolute atomic E-state index is 0.0275. The van der Waals surface area contributed by atoms with E-state index in [0.29, 0.717) is 17.5 Å². The van der Waals surface area contributed by atoms with Crippen LogP contribution in [-0.2, 0) is 0 Å². The summed E-state index contributed by atoms with van der Waals surface area (Å²) < 4.78 is 4.83. The Kier molecular flexibility index (Phi) is 8.92. The third-order valence-electron chi connectivity index (χ3n) is 14.1. The SMILES string of the molecule is C1=CC2c3ccccc3N(c3cccc(-c4nc(-c5ccccc5)nc(-c5ccccc5)n4)c3)C2C=C1n1ccc2c3c4c5ccccc5ccc4n(-c4cccc(-c5ccccc5)c4)c3ccc21. The average molecular weight is 883 g/mol. The number of hydrogen-bond donors (Lipinski definition) is 0. The molecule has 1 aliphatic heterocycles. The first kappa shape index (κ1) is 39.1. The van der Waals surface area contributed by atoms with Gasteiger partial charge in [0, 0.05) is 67.7 Å². The van der Waals surface area contributed by atoms with Gasteiger partial charge in [-0.05, 0) is 94.2 Å². The lowest BCUT2D eigenvalue weighted by Gasteiger charge is -2.30. The molecule has 2 aliphatic rings. The maximum Gasteiger partial charge on any atom is 0.164 e. The molecule has 0 saturated heterocycles. The van der Waals surface area contributed by atoms with Gasteiger partial charge in [0.25, 0.3) is 0 Å². The number of allylic oxidation sites excluding steroid dienone is 2. The van der Waals surface area contributed by atoms with Gasteiger partial charge in [-0.2, -0.15) is 0 Å². The highest BCUT2D eigenvalue weighted by Crippen LogP contribution is 2.50. The second-order valence-electron chi connectivity index (χ2n) is 18.0. The predicted molar refractivity (Wildman–Crippen MR) is 284 cm³/mol. The van der Waals surface area contributed by atoms with E-state index in [9.17, 15) is 0 Å². The molecule has 4 heterocycles. The first-order valence-electron chi connectivity index (χ1n) is 23.6. The summed E-state index contributed by atoms with van der Waals surface area (Å²) in [6, 6.07) is 77.8. The number of nitrogens with zero attached hydrogens (tertiary/aromatic N) is 6. The molecule has 0 spiro atoms. The highest BCUT2D eigenvalue weighted by atomic mass is 15.2. The lowest BCUT2D eigenvalue weighted by atomic mass is 9.90. The second-order valence-corrected chi connectivity index (χ2v) is 18.0. The van der Waals surface area contributed by atoms with Crippen molar-refractivity contribution in [3.8, 4) is 51.0 Å². The Balaban J connectivity index is 0.900. The molecule has 9 aromatic carbocycles. The van der Waals surface area contributed by atoms with Gasteiger partial charge in [0.1, 0.15) is 0 Å². The largest absolute Gasteiger partial charge is 0.333 e. The van der Waals surface area contributed by atoms with Crippen molar-refractivity contribution in [2.24, 2.45) is 0 Å². The van der Waals surface area contributed by atoms with Gasteiger partial charge in [0.15, 0.2) is 17.5 Å². The third kappa shape index (κ3) is 6.37. The van der Waals surface area contributed by atoms with E-state index in [4.69, 9.17) is 15.0 Å². The van der Waals surface area contributed by atoms with E-state index < -0.39 is 0 Å². The number of fused-ring (bicyclic) bond motifs is 10. The normalized spacial score (nSPS) is 15.2. The van der Waals surface area contributed by atoms with Crippen molar-refractivity contribution in [3.63, 3.8) is 0 Å². The molecule has 0 fully saturated rings. The van der Waals surface area contributed by atoms with Crippen molar-refractivity contribution < 1.29 is 0 Å². The van der Waals surface area contributed by atoms with Crippen LogP contribution in [0, 0.1) is 0 Å². The molecule has 324 valence electrons. The molecule has 6 heteroatoms. The molecule has 0 saturated carbocycles. The smallest absolute Gasteiger partial charge is 0.164 e. The van der Waals surface area contributed by atoms with E-state index in [1.54, 1.807) is 0 Å². The Bertz CT molecular complexity index is 3980. The number of hydrogen-bond acceptors (Lipinski definition) is 4. The van der Waals surface area contributed by atoms with E-state index in [-0.39, 0.29) is 12.0 Å². The molecule has 14 rings (SSSR count). The van der Waals surface area contributed by atoms with Crippen molar-refractivity contribution in [1.29, 1.82) is 0 Å². The zero-order valence-electron chi connectivity index (χ0n) is 37.4. The lowest BCUT2D eigenvalue weighted by molar-refractivity contribution is 0.742. The molecule has 0 radical (unpaired) electrons. The predicted octanol–water partition coefficient (Wildman–Crippen LogP) is 15.5. The molecule has 3 aromatic heterocycles. The van der Waals surface area contributed by atoms with E-state index in [1.807, 2.05) is 36.4 Å².